The van der Waals surface area contributed by atoms with Gasteiger partial charge in [-0.2, -0.15) is 0 Å². The Kier molecular flexibility index (Phi) is 4.67. The lowest BCUT2D eigenvalue weighted by molar-refractivity contribution is -0.165. The van der Waals surface area contributed by atoms with Crippen molar-refractivity contribution in [3.05, 3.63) is 35.9 Å². The second-order valence-electron chi connectivity index (χ2n) is 3.88. The average Bonchev–Trinajstić information content (AvgIpc) is 2.40. The van der Waals surface area contributed by atoms with Gasteiger partial charge in [0.2, 0.25) is 0 Å². The van der Waals surface area contributed by atoms with E-state index in [-0.39, 0.29) is 6.10 Å². The van der Waals surface area contributed by atoms with Crippen LogP contribution < -0.4 is 0 Å². The monoisotopic (exact) mass is 236 g/mol. The molecule has 1 saturated heterocycles. The van der Waals surface area contributed by atoms with E-state index in [9.17, 15) is 4.79 Å². The van der Waals surface area contributed by atoms with Gasteiger partial charge in [-0.25, -0.2) is 0 Å². The van der Waals surface area contributed by atoms with Crippen molar-refractivity contribution < 1.29 is 19.0 Å². The van der Waals surface area contributed by atoms with E-state index in [4.69, 9.17) is 14.2 Å². The van der Waals surface area contributed by atoms with Crippen LogP contribution in [-0.4, -0.2) is 38.3 Å². The lowest BCUT2D eigenvalue weighted by Gasteiger charge is -2.28. The summed E-state index contributed by atoms with van der Waals surface area (Å²) >= 11 is 0. The standard InChI is InChI=1S/C13H16O4/c14-8-12-13(17-7-6-16-12)10-15-9-11-4-2-1-3-5-11/h1-5,8,12-13H,6-7,9-10H2/t12-,13-/m1/s1. The lowest BCUT2D eigenvalue weighted by Crippen LogP contribution is -2.42. The van der Waals surface area contributed by atoms with Crippen LogP contribution in [0.2, 0.25) is 0 Å². The highest BCUT2D eigenvalue weighted by Crippen LogP contribution is 2.10. The van der Waals surface area contributed by atoms with E-state index in [1.165, 1.54) is 0 Å². The molecule has 0 spiro atoms. The van der Waals surface area contributed by atoms with Crippen molar-refractivity contribution in [1.29, 1.82) is 0 Å². The number of rotatable bonds is 5. The quantitative estimate of drug-likeness (QED) is 0.720. The highest BCUT2D eigenvalue weighted by atomic mass is 16.6. The van der Waals surface area contributed by atoms with Crippen LogP contribution in [0.4, 0.5) is 0 Å². The molecule has 0 bridgehead atoms. The molecule has 1 aromatic carbocycles. The number of carbonyl (C=O) groups excluding carboxylic acids is 1. The van der Waals surface area contributed by atoms with Crippen LogP contribution in [0.15, 0.2) is 30.3 Å². The van der Waals surface area contributed by atoms with Crippen LogP contribution in [-0.2, 0) is 25.6 Å². The van der Waals surface area contributed by atoms with Crippen LogP contribution >= 0.6 is 0 Å². The van der Waals surface area contributed by atoms with Crippen molar-refractivity contribution in [3.8, 4) is 0 Å². The fourth-order valence-corrected chi connectivity index (χ4v) is 1.72. The molecule has 2 atom stereocenters. The first-order valence-corrected chi connectivity index (χ1v) is 5.70. The smallest absolute Gasteiger partial charge is 0.151 e. The molecule has 0 aliphatic carbocycles. The molecular weight excluding hydrogens is 220 g/mol. The van der Waals surface area contributed by atoms with Crippen LogP contribution in [0.3, 0.4) is 0 Å². The number of hydrogen-bond acceptors (Lipinski definition) is 4. The third kappa shape index (κ3) is 3.63. The summed E-state index contributed by atoms with van der Waals surface area (Å²) < 4.78 is 16.2. The fourth-order valence-electron chi connectivity index (χ4n) is 1.72. The average molecular weight is 236 g/mol. The van der Waals surface area contributed by atoms with Gasteiger partial charge in [-0.1, -0.05) is 30.3 Å². The molecule has 1 aromatic rings. The lowest BCUT2D eigenvalue weighted by atomic mass is 10.2. The minimum Gasteiger partial charge on any atom is -0.374 e. The Morgan fingerprint density at radius 2 is 2.00 bits per heavy atom. The number of ether oxygens (including phenoxy) is 3. The van der Waals surface area contributed by atoms with Gasteiger partial charge in [0.1, 0.15) is 12.2 Å². The van der Waals surface area contributed by atoms with Crippen LogP contribution in [0.25, 0.3) is 0 Å². The maximum atomic E-state index is 10.7. The van der Waals surface area contributed by atoms with E-state index in [1.807, 2.05) is 30.3 Å². The first kappa shape index (κ1) is 12.2. The summed E-state index contributed by atoms with van der Waals surface area (Å²) in [6.07, 6.45) is -0.0140. The molecule has 17 heavy (non-hydrogen) atoms. The molecule has 4 nitrogen and oxygen atoms in total. The summed E-state index contributed by atoms with van der Waals surface area (Å²) in [5, 5.41) is 0. The van der Waals surface area contributed by atoms with Gasteiger partial charge in [0.15, 0.2) is 6.29 Å². The highest BCUT2D eigenvalue weighted by molar-refractivity contribution is 5.57. The maximum Gasteiger partial charge on any atom is 0.151 e. The zero-order valence-corrected chi connectivity index (χ0v) is 9.58. The predicted octanol–water partition coefficient (Wildman–Crippen LogP) is 1.19. The number of hydrogen-bond donors (Lipinski definition) is 0. The van der Waals surface area contributed by atoms with Crippen molar-refractivity contribution in [2.24, 2.45) is 0 Å². The van der Waals surface area contributed by atoms with Crippen molar-refractivity contribution in [2.75, 3.05) is 19.8 Å². The van der Waals surface area contributed by atoms with Gasteiger partial charge in [0, 0.05) is 0 Å². The van der Waals surface area contributed by atoms with E-state index >= 15 is 0 Å². The second kappa shape index (κ2) is 6.49. The zero-order chi connectivity index (χ0) is 11.9. The summed E-state index contributed by atoms with van der Waals surface area (Å²) in [6, 6.07) is 9.88. The van der Waals surface area contributed by atoms with E-state index in [2.05, 4.69) is 0 Å². The van der Waals surface area contributed by atoms with Gasteiger partial charge >= 0.3 is 0 Å². The Morgan fingerprint density at radius 3 is 2.76 bits per heavy atom. The Labute approximate surface area is 100 Å². The molecule has 0 amide bonds. The van der Waals surface area contributed by atoms with E-state index in [0.29, 0.717) is 26.4 Å². The first-order valence-electron chi connectivity index (χ1n) is 5.70. The molecule has 0 saturated carbocycles. The van der Waals surface area contributed by atoms with Crippen molar-refractivity contribution in [3.63, 3.8) is 0 Å². The van der Waals surface area contributed by atoms with Gasteiger partial charge in [0.25, 0.3) is 0 Å². The SMILES string of the molecule is O=C[C@H]1OCCO[C@@H]1COCc1ccccc1. The van der Waals surface area contributed by atoms with Crippen molar-refractivity contribution >= 4 is 6.29 Å². The summed E-state index contributed by atoms with van der Waals surface area (Å²) in [4.78, 5) is 10.7. The minimum absolute atomic E-state index is 0.287. The van der Waals surface area contributed by atoms with Crippen LogP contribution in [0.5, 0.6) is 0 Å². The van der Waals surface area contributed by atoms with Crippen molar-refractivity contribution in [1.82, 2.24) is 0 Å². The molecule has 2 rings (SSSR count). The molecule has 1 aliphatic rings. The predicted molar refractivity (Wildman–Crippen MR) is 61.6 cm³/mol. The van der Waals surface area contributed by atoms with E-state index in [0.717, 1.165) is 11.8 Å². The fraction of sp³-hybridized carbons (Fsp3) is 0.462. The molecule has 0 N–H and O–H groups in total. The molecule has 4 heteroatoms. The normalized spacial score (nSPS) is 24.5. The van der Waals surface area contributed by atoms with E-state index in [1.54, 1.807) is 0 Å². The molecule has 0 radical (unpaired) electrons. The number of aldehydes is 1. The maximum absolute atomic E-state index is 10.7. The second-order valence-corrected chi connectivity index (χ2v) is 3.88. The highest BCUT2D eigenvalue weighted by Gasteiger charge is 2.26. The summed E-state index contributed by atoms with van der Waals surface area (Å²) in [5.74, 6) is 0. The molecule has 1 aliphatic heterocycles. The Bertz CT molecular complexity index is 339. The first-order chi connectivity index (χ1) is 8.40. The molecule has 0 unspecified atom stereocenters. The van der Waals surface area contributed by atoms with Gasteiger partial charge in [-0.3, -0.25) is 0 Å². The number of benzene rings is 1. The Morgan fingerprint density at radius 1 is 1.24 bits per heavy atom. The van der Waals surface area contributed by atoms with Crippen LogP contribution in [0.1, 0.15) is 5.56 Å². The topological polar surface area (TPSA) is 44.8 Å². The number of carbonyl (C=O) groups is 1. The zero-order valence-electron chi connectivity index (χ0n) is 9.58. The van der Waals surface area contributed by atoms with Crippen LogP contribution in [0, 0.1) is 0 Å². The summed E-state index contributed by atoms with van der Waals surface area (Å²) in [5.41, 5.74) is 1.10. The van der Waals surface area contributed by atoms with Gasteiger partial charge in [0.05, 0.1) is 26.4 Å². The minimum atomic E-state index is -0.500. The van der Waals surface area contributed by atoms with Gasteiger partial charge in [-0.05, 0) is 5.56 Å². The third-order valence-electron chi connectivity index (χ3n) is 2.62. The molecule has 92 valence electrons. The summed E-state index contributed by atoms with van der Waals surface area (Å²) in [6.45, 7) is 1.88. The van der Waals surface area contributed by atoms with Gasteiger partial charge in [-0.15, -0.1) is 0 Å². The summed E-state index contributed by atoms with van der Waals surface area (Å²) in [7, 11) is 0. The molecule has 1 heterocycles. The molecule has 1 fully saturated rings. The van der Waals surface area contributed by atoms with E-state index < -0.39 is 6.10 Å². The Balaban J connectivity index is 1.75. The van der Waals surface area contributed by atoms with Crippen molar-refractivity contribution in [2.45, 2.75) is 18.8 Å². The largest absolute Gasteiger partial charge is 0.374 e. The van der Waals surface area contributed by atoms with Gasteiger partial charge < -0.3 is 19.0 Å². The molecular formula is C13H16O4. The Hall–Kier alpha value is -1.23. The molecule has 0 aromatic heterocycles. The third-order valence-corrected chi connectivity index (χ3v) is 2.62.